The van der Waals surface area contributed by atoms with Crippen LogP contribution >= 0.6 is 11.6 Å². The molecule has 0 radical (unpaired) electrons. The van der Waals surface area contributed by atoms with Gasteiger partial charge in [0.05, 0.1) is 23.9 Å². The molecule has 1 atom stereocenters. The van der Waals surface area contributed by atoms with Crippen molar-refractivity contribution in [2.24, 2.45) is 5.10 Å². The first kappa shape index (κ1) is 19.8. The molecule has 2 aromatic rings. The number of rotatable bonds is 5. The number of carbonyl (C=O) groups excluding carboxylic acids is 1. The van der Waals surface area contributed by atoms with Gasteiger partial charge in [0, 0.05) is 12.5 Å². The van der Waals surface area contributed by atoms with Crippen molar-refractivity contribution in [1.29, 1.82) is 0 Å². The number of halogens is 1. The van der Waals surface area contributed by atoms with Crippen LogP contribution in [0.4, 0.5) is 5.69 Å². The van der Waals surface area contributed by atoms with Crippen LogP contribution in [-0.4, -0.2) is 24.8 Å². The number of anilines is 1. The lowest BCUT2D eigenvalue weighted by molar-refractivity contribution is -0.115. The standard InChI is InChI=1S/C23H26ClN3O2/c1-29-18-13-11-16(12-14-18)22-15-20(23(28)25-17-7-3-2-4-8-17)26-27(22)21-10-6-5-9-19(21)24/h5-6,9-14,17,22H,2-4,7-8,15H2,1H3,(H,25,28). The van der Waals surface area contributed by atoms with Gasteiger partial charge in [0.25, 0.3) is 5.91 Å². The summed E-state index contributed by atoms with van der Waals surface area (Å²) >= 11 is 6.46. The van der Waals surface area contributed by atoms with Gasteiger partial charge in [-0.3, -0.25) is 9.80 Å². The number of hydrazone groups is 1. The molecule has 4 rings (SSSR count). The third kappa shape index (κ3) is 4.40. The largest absolute Gasteiger partial charge is 0.497 e. The zero-order chi connectivity index (χ0) is 20.2. The van der Waals surface area contributed by atoms with Crippen LogP contribution < -0.4 is 15.1 Å². The molecule has 1 fully saturated rings. The molecule has 29 heavy (non-hydrogen) atoms. The fourth-order valence-electron chi connectivity index (χ4n) is 4.11. The molecule has 1 N–H and O–H groups in total. The fourth-order valence-corrected chi connectivity index (χ4v) is 4.33. The predicted molar refractivity (Wildman–Crippen MR) is 117 cm³/mol. The number of nitrogens with one attached hydrogen (secondary N) is 1. The number of benzene rings is 2. The molecule has 0 aromatic heterocycles. The van der Waals surface area contributed by atoms with E-state index in [-0.39, 0.29) is 18.0 Å². The Kier molecular flexibility index (Phi) is 6.05. The summed E-state index contributed by atoms with van der Waals surface area (Å²) < 4.78 is 5.28. The molecular formula is C23H26ClN3O2. The Morgan fingerprint density at radius 1 is 1.10 bits per heavy atom. The highest BCUT2D eigenvalue weighted by Gasteiger charge is 2.34. The smallest absolute Gasteiger partial charge is 0.267 e. The van der Waals surface area contributed by atoms with E-state index >= 15 is 0 Å². The summed E-state index contributed by atoms with van der Waals surface area (Å²) in [6, 6.07) is 15.7. The minimum absolute atomic E-state index is 0.0648. The molecule has 6 heteroatoms. The van der Waals surface area contributed by atoms with Gasteiger partial charge in [-0.15, -0.1) is 0 Å². The number of methoxy groups -OCH3 is 1. The van der Waals surface area contributed by atoms with Crippen LogP contribution in [0.25, 0.3) is 0 Å². The van der Waals surface area contributed by atoms with Gasteiger partial charge >= 0.3 is 0 Å². The maximum atomic E-state index is 12.9. The first-order chi connectivity index (χ1) is 14.2. The van der Waals surface area contributed by atoms with Crippen LogP contribution in [-0.2, 0) is 4.79 Å². The summed E-state index contributed by atoms with van der Waals surface area (Å²) in [6.45, 7) is 0. The monoisotopic (exact) mass is 411 g/mol. The Balaban J connectivity index is 1.60. The summed E-state index contributed by atoms with van der Waals surface area (Å²) in [6.07, 6.45) is 6.25. The average Bonchev–Trinajstić information content (AvgIpc) is 3.20. The first-order valence-corrected chi connectivity index (χ1v) is 10.6. The number of nitrogens with zero attached hydrogens (tertiary/aromatic N) is 2. The molecule has 1 saturated carbocycles. The van der Waals surface area contributed by atoms with Gasteiger partial charge < -0.3 is 10.1 Å². The Bertz CT molecular complexity index is 891. The Labute approximate surface area is 176 Å². The lowest BCUT2D eigenvalue weighted by Crippen LogP contribution is -2.39. The van der Waals surface area contributed by atoms with E-state index in [9.17, 15) is 4.79 Å². The molecule has 1 amide bonds. The number of amides is 1. The Morgan fingerprint density at radius 3 is 2.52 bits per heavy atom. The van der Waals surface area contributed by atoms with Crippen LogP contribution in [0.5, 0.6) is 5.75 Å². The van der Waals surface area contributed by atoms with E-state index in [2.05, 4.69) is 5.32 Å². The number of carbonyl (C=O) groups is 1. The van der Waals surface area contributed by atoms with Gasteiger partial charge in [0.2, 0.25) is 0 Å². The lowest BCUT2D eigenvalue weighted by atomic mass is 9.95. The average molecular weight is 412 g/mol. The third-order valence-corrected chi connectivity index (χ3v) is 6.03. The van der Waals surface area contributed by atoms with E-state index in [1.807, 2.05) is 53.5 Å². The predicted octanol–water partition coefficient (Wildman–Crippen LogP) is 5.10. The van der Waals surface area contributed by atoms with E-state index in [4.69, 9.17) is 21.4 Å². The van der Waals surface area contributed by atoms with Crippen LogP contribution in [0.2, 0.25) is 5.02 Å². The van der Waals surface area contributed by atoms with Crippen LogP contribution in [0, 0.1) is 0 Å². The molecular weight excluding hydrogens is 386 g/mol. The van der Waals surface area contributed by atoms with Crippen molar-refractivity contribution >= 4 is 28.9 Å². The van der Waals surface area contributed by atoms with Gasteiger partial charge in [-0.25, -0.2) is 0 Å². The molecule has 1 heterocycles. The van der Waals surface area contributed by atoms with Gasteiger partial charge in [0.15, 0.2) is 0 Å². The van der Waals surface area contributed by atoms with Gasteiger partial charge in [-0.2, -0.15) is 5.10 Å². The quantitative estimate of drug-likeness (QED) is 0.744. The van der Waals surface area contributed by atoms with E-state index in [0.717, 1.165) is 29.8 Å². The topological polar surface area (TPSA) is 53.9 Å². The minimum Gasteiger partial charge on any atom is -0.497 e. The van der Waals surface area contributed by atoms with Crippen molar-refractivity contribution in [1.82, 2.24) is 5.32 Å². The second kappa shape index (κ2) is 8.87. The summed E-state index contributed by atoms with van der Waals surface area (Å²) in [7, 11) is 1.65. The highest BCUT2D eigenvalue weighted by molar-refractivity contribution is 6.40. The second-order valence-corrected chi connectivity index (χ2v) is 8.05. The Morgan fingerprint density at radius 2 is 1.83 bits per heavy atom. The molecule has 1 aliphatic heterocycles. The maximum absolute atomic E-state index is 12.9. The second-order valence-electron chi connectivity index (χ2n) is 7.64. The first-order valence-electron chi connectivity index (χ1n) is 10.2. The summed E-state index contributed by atoms with van der Waals surface area (Å²) in [5.41, 5.74) is 2.42. The molecule has 0 spiro atoms. The summed E-state index contributed by atoms with van der Waals surface area (Å²) in [4.78, 5) is 12.9. The molecule has 1 aliphatic carbocycles. The van der Waals surface area contributed by atoms with Gasteiger partial charge in [-0.1, -0.05) is 55.1 Å². The molecule has 2 aliphatic rings. The molecule has 152 valence electrons. The normalized spacial score (nSPS) is 19.7. The molecule has 1 unspecified atom stereocenters. The zero-order valence-corrected chi connectivity index (χ0v) is 17.4. The van der Waals surface area contributed by atoms with Crippen molar-refractivity contribution in [3.8, 4) is 5.75 Å². The summed E-state index contributed by atoms with van der Waals surface area (Å²) in [5, 5.41) is 10.4. The molecule has 0 saturated heterocycles. The summed E-state index contributed by atoms with van der Waals surface area (Å²) in [5.74, 6) is 0.734. The van der Waals surface area contributed by atoms with Crippen molar-refractivity contribution in [2.75, 3.05) is 12.1 Å². The molecule has 0 bridgehead atoms. The minimum atomic E-state index is -0.0899. The number of hydrogen-bond acceptors (Lipinski definition) is 4. The van der Waals surface area contributed by atoms with Crippen LogP contribution in [0.1, 0.15) is 50.1 Å². The number of ether oxygens (including phenoxy) is 1. The fraction of sp³-hybridized carbons (Fsp3) is 0.391. The van der Waals surface area contributed by atoms with Crippen LogP contribution in [0.3, 0.4) is 0 Å². The molecule has 5 nitrogen and oxygen atoms in total. The number of para-hydroxylation sites is 1. The highest BCUT2D eigenvalue weighted by atomic mass is 35.5. The molecule has 2 aromatic carbocycles. The van der Waals surface area contributed by atoms with Crippen LogP contribution in [0.15, 0.2) is 53.6 Å². The lowest BCUT2D eigenvalue weighted by Gasteiger charge is -2.24. The number of hydrogen-bond donors (Lipinski definition) is 1. The van der Waals surface area contributed by atoms with E-state index < -0.39 is 0 Å². The van der Waals surface area contributed by atoms with E-state index in [0.29, 0.717) is 17.2 Å². The highest BCUT2D eigenvalue weighted by Crippen LogP contribution is 2.39. The van der Waals surface area contributed by atoms with Gasteiger partial charge in [0.1, 0.15) is 11.5 Å². The third-order valence-electron chi connectivity index (χ3n) is 5.71. The van der Waals surface area contributed by atoms with Crippen molar-refractivity contribution in [3.63, 3.8) is 0 Å². The zero-order valence-electron chi connectivity index (χ0n) is 16.6. The van der Waals surface area contributed by atoms with Crippen molar-refractivity contribution in [3.05, 3.63) is 59.1 Å². The SMILES string of the molecule is COc1ccc(C2CC(C(=O)NC3CCCCC3)=NN2c2ccccc2Cl)cc1. The van der Waals surface area contributed by atoms with Crippen molar-refractivity contribution in [2.45, 2.75) is 50.6 Å². The Hall–Kier alpha value is -2.53. The van der Waals surface area contributed by atoms with E-state index in [1.165, 1.54) is 19.3 Å². The maximum Gasteiger partial charge on any atom is 0.267 e. The van der Waals surface area contributed by atoms with Crippen molar-refractivity contribution < 1.29 is 9.53 Å². The van der Waals surface area contributed by atoms with Gasteiger partial charge in [-0.05, 0) is 42.7 Å². The van der Waals surface area contributed by atoms with E-state index in [1.54, 1.807) is 7.11 Å².